The molecule has 0 fully saturated rings. The molecule has 0 bridgehead atoms. The summed E-state index contributed by atoms with van der Waals surface area (Å²) in [5, 5.41) is 9.08. The summed E-state index contributed by atoms with van der Waals surface area (Å²) < 4.78 is 0. The molecule has 1 unspecified atom stereocenters. The molecule has 1 atom stereocenters. The Morgan fingerprint density at radius 1 is 1.39 bits per heavy atom. The maximum absolute atomic E-state index is 4.51. The molecule has 0 amide bonds. The van der Waals surface area contributed by atoms with Crippen molar-refractivity contribution in [2.24, 2.45) is 0 Å². The summed E-state index contributed by atoms with van der Waals surface area (Å²) >= 11 is 3.56. The fraction of sp³-hybridized carbons (Fsp3) is 0.500. The summed E-state index contributed by atoms with van der Waals surface area (Å²) in [5.74, 6) is 0. The Morgan fingerprint density at radius 3 is 2.72 bits per heavy atom. The summed E-state index contributed by atoms with van der Waals surface area (Å²) in [6.45, 7) is 9.71. The molecule has 98 valence electrons. The number of nitrogens with one attached hydrogen (secondary N) is 1. The van der Waals surface area contributed by atoms with Gasteiger partial charge in [0.1, 0.15) is 0 Å². The molecule has 0 aliphatic rings. The second-order valence-electron chi connectivity index (χ2n) is 5.54. The normalized spacial score (nSPS) is 13.8. The van der Waals surface area contributed by atoms with Crippen LogP contribution in [0.25, 0.3) is 0 Å². The van der Waals surface area contributed by atoms with E-state index < -0.39 is 0 Å². The van der Waals surface area contributed by atoms with Crippen molar-refractivity contribution in [2.45, 2.75) is 45.7 Å². The van der Waals surface area contributed by atoms with Crippen LogP contribution in [-0.4, -0.2) is 4.98 Å². The van der Waals surface area contributed by atoms with Crippen LogP contribution in [0.4, 0.5) is 0 Å². The lowest BCUT2D eigenvalue weighted by molar-refractivity contribution is 0.579. The highest BCUT2D eigenvalue weighted by Crippen LogP contribution is 2.27. The Labute approximate surface area is 117 Å². The van der Waals surface area contributed by atoms with Crippen LogP contribution in [0.15, 0.2) is 23.0 Å². The third-order valence-electron chi connectivity index (χ3n) is 2.82. The summed E-state index contributed by atoms with van der Waals surface area (Å²) in [6, 6.07) is 2.58. The van der Waals surface area contributed by atoms with Crippen LogP contribution in [0.3, 0.4) is 0 Å². The Morgan fingerprint density at radius 2 is 2.17 bits per heavy atom. The minimum atomic E-state index is 0.155. The maximum Gasteiger partial charge on any atom is 0.0981 e. The first-order chi connectivity index (χ1) is 8.47. The molecule has 18 heavy (non-hydrogen) atoms. The molecule has 2 aromatic heterocycles. The predicted octanol–water partition coefficient (Wildman–Crippen LogP) is 4.35. The molecule has 2 rings (SSSR count). The van der Waals surface area contributed by atoms with Gasteiger partial charge in [-0.2, -0.15) is 11.3 Å². The number of thiazole rings is 1. The minimum Gasteiger partial charge on any atom is -0.305 e. The fourth-order valence-electron chi connectivity index (χ4n) is 1.63. The lowest BCUT2D eigenvalue weighted by atomic mass is 9.98. The smallest absolute Gasteiger partial charge is 0.0981 e. The second kappa shape index (κ2) is 5.51. The summed E-state index contributed by atoms with van der Waals surface area (Å²) in [6.07, 6.45) is 2.00. The van der Waals surface area contributed by atoms with Gasteiger partial charge in [0, 0.05) is 29.1 Å². The van der Waals surface area contributed by atoms with Crippen LogP contribution < -0.4 is 5.32 Å². The molecular formula is C14H20N2S2. The van der Waals surface area contributed by atoms with Gasteiger partial charge in [-0.15, -0.1) is 11.3 Å². The molecule has 0 radical (unpaired) electrons. The number of thiophene rings is 1. The zero-order valence-corrected chi connectivity index (χ0v) is 13.0. The fourth-order valence-corrected chi connectivity index (χ4v) is 3.30. The van der Waals surface area contributed by atoms with E-state index >= 15 is 0 Å². The molecule has 0 saturated heterocycles. The monoisotopic (exact) mass is 280 g/mol. The molecule has 2 heterocycles. The number of nitrogens with zero attached hydrogens (tertiary/aromatic N) is 1. The van der Waals surface area contributed by atoms with Crippen LogP contribution in [0.2, 0.25) is 0 Å². The zero-order chi connectivity index (χ0) is 13.2. The standard InChI is InChI=1S/C14H20N2S2/c1-10(11-5-6-17-9-11)15-7-12-8-16-13(18-12)14(2,3)4/h5-6,8-10,15H,7H2,1-4H3. The van der Waals surface area contributed by atoms with Gasteiger partial charge in [0.2, 0.25) is 0 Å². The first kappa shape index (κ1) is 13.7. The van der Waals surface area contributed by atoms with Gasteiger partial charge in [-0.1, -0.05) is 20.8 Å². The zero-order valence-electron chi connectivity index (χ0n) is 11.4. The van der Waals surface area contributed by atoms with E-state index in [9.17, 15) is 0 Å². The molecule has 0 aliphatic carbocycles. The third kappa shape index (κ3) is 3.40. The van der Waals surface area contributed by atoms with Crippen molar-refractivity contribution in [1.29, 1.82) is 0 Å². The molecule has 0 aliphatic heterocycles. The van der Waals surface area contributed by atoms with E-state index in [1.807, 2.05) is 17.5 Å². The van der Waals surface area contributed by atoms with E-state index in [0.717, 1.165) is 6.54 Å². The highest BCUT2D eigenvalue weighted by molar-refractivity contribution is 7.11. The molecule has 4 heteroatoms. The SMILES string of the molecule is CC(NCc1cnc(C(C)(C)C)s1)c1ccsc1. The van der Waals surface area contributed by atoms with Crippen molar-refractivity contribution in [3.05, 3.63) is 38.5 Å². The number of hydrogen-bond acceptors (Lipinski definition) is 4. The summed E-state index contributed by atoms with van der Waals surface area (Å²) in [7, 11) is 0. The third-order valence-corrected chi connectivity index (χ3v) is 4.95. The molecule has 2 nitrogen and oxygen atoms in total. The van der Waals surface area contributed by atoms with Gasteiger partial charge in [-0.05, 0) is 29.3 Å². The molecule has 2 aromatic rings. The van der Waals surface area contributed by atoms with Crippen molar-refractivity contribution in [3.8, 4) is 0 Å². The molecule has 0 saturated carbocycles. The second-order valence-corrected chi connectivity index (χ2v) is 7.44. The van der Waals surface area contributed by atoms with Gasteiger partial charge in [0.25, 0.3) is 0 Å². The average Bonchev–Trinajstić information content (AvgIpc) is 2.96. The van der Waals surface area contributed by atoms with Crippen molar-refractivity contribution >= 4 is 22.7 Å². The molecular weight excluding hydrogens is 260 g/mol. The maximum atomic E-state index is 4.51. The summed E-state index contributed by atoms with van der Waals surface area (Å²) in [4.78, 5) is 5.82. The van der Waals surface area contributed by atoms with Gasteiger partial charge in [-0.25, -0.2) is 4.98 Å². The van der Waals surface area contributed by atoms with E-state index in [0.29, 0.717) is 6.04 Å². The van der Waals surface area contributed by atoms with Crippen molar-refractivity contribution in [1.82, 2.24) is 10.3 Å². The minimum absolute atomic E-state index is 0.155. The van der Waals surface area contributed by atoms with E-state index in [1.54, 1.807) is 11.3 Å². The van der Waals surface area contributed by atoms with Crippen LogP contribution in [0.1, 0.15) is 49.2 Å². The Hall–Kier alpha value is -0.710. The summed E-state index contributed by atoms with van der Waals surface area (Å²) in [5.41, 5.74) is 1.52. The quantitative estimate of drug-likeness (QED) is 0.900. The van der Waals surface area contributed by atoms with Gasteiger partial charge in [-0.3, -0.25) is 0 Å². The average molecular weight is 280 g/mol. The van der Waals surface area contributed by atoms with Gasteiger partial charge in [0.15, 0.2) is 0 Å². The number of rotatable bonds is 4. The topological polar surface area (TPSA) is 24.9 Å². The van der Waals surface area contributed by atoms with Crippen LogP contribution in [0.5, 0.6) is 0 Å². The number of aromatic nitrogens is 1. The first-order valence-electron chi connectivity index (χ1n) is 6.17. The first-order valence-corrected chi connectivity index (χ1v) is 7.93. The van der Waals surface area contributed by atoms with Crippen LogP contribution in [-0.2, 0) is 12.0 Å². The highest BCUT2D eigenvalue weighted by atomic mass is 32.1. The lowest BCUT2D eigenvalue weighted by Crippen LogP contribution is -2.16. The molecule has 0 aromatic carbocycles. The van der Waals surface area contributed by atoms with Gasteiger partial charge >= 0.3 is 0 Å². The van der Waals surface area contributed by atoms with Gasteiger partial charge < -0.3 is 5.32 Å². The Balaban J connectivity index is 1.93. The number of hydrogen-bond donors (Lipinski definition) is 1. The van der Waals surface area contributed by atoms with E-state index in [-0.39, 0.29) is 5.41 Å². The predicted molar refractivity (Wildman–Crippen MR) is 80.4 cm³/mol. The Bertz CT molecular complexity index is 480. The molecule has 0 spiro atoms. The van der Waals surface area contributed by atoms with Crippen molar-refractivity contribution in [3.63, 3.8) is 0 Å². The van der Waals surface area contributed by atoms with Crippen LogP contribution >= 0.6 is 22.7 Å². The highest BCUT2D eigenvalue weighted by Gasteiger charge is 2.18. The largest absolute Gasteiger partial charge is 0.305 e. The Kier molecular flexibility index (Phi) is 4.20. The van der Waals surface area contributed by atoms with E-state index in [1.165, 1.54) is 15.4 Å². The van der Waals surface area contributed by atoms with E-state index in [2.05, 4.69) is 54.8 Å². The van der Waals surface area contributed by atoms with E-state index in [4.69, 9.17) is 0 Å². The van der Waals surface area contributed by atoms with Crippen molar-refractivity contribution in [2.75, 3.05) is 0 Å². The van der Waals surface area contributed by atoms with Crippen LogP contribution in [0, 0.1) is 0 Å². The van der Waals surface area contributed by atoms with Gasteiger partial charge in [0.05, 0.1) is 5.01 Å². The molecule has 1 N–H and O–H groups in total. The lowest BCUT2D eigenvalue weighted by Gasteiger charge is -2.14. The van der Waals surface area contributed by atoms with Crippen molar-refractivity contribution < 1.29 is 0 Å².